The zero-order valence-electron chi connectivity index (χ0n) is 29.6. The van der Waals surface area contributed by atoms with Gasteiger partial charge in [0, 0.05) is 6.54 Å². The van der Waals surface area contributed by atoms with Crippen LogP contribution < -0.4 is 5.73 Å². The Hall–Kier alpha value is -0.120. The minimum Gasteiger partial charge on any atom is -0.349 e. The van der Waals surface area contributed by atoms with Gasteiger partial charge < -0.3 is 15.2 Å². The van der Waals surface area contributed by atoms with Crippen LogP contribution in [0.2, 0.25) is 0 Å². The lowest BCUT2D eigenvalue weighted by Crippen LogP contribution is -2.41. The van der Waals surface area contributed by atoms with Crippen molar-refractivity contribution in [3.8, 4) is 0 Å². The second-order valence-electron chi connectivity index (χ2n) is 13.6. The third kappa shape index (κ3) is 32.8. The molecule has 0 fully saturated rings. The molecule has 0 aromatic carbocycles. The summed E-state index contributed by atoms with van der Waals surface area (Å²) >= 11 is 0. The molecule has 0 aliphatic heterocycles. The molecule has 0 radical (unpaired) electrons. The largest absolute Gasteiger partial charge is 0.349 e. The van der Waals surface area contributed by atoms with E-state index in [1.165, 1.54) is 193 Å². The van der Waals surface area contributed by atoms with Crippen LogP contribution in [0.25, 0.3) is 0 Å². The molecule has 0 atom stereocenters. The second-order valence-corrected chi connectivity index (χ2v) is 13.6. The maximum Gasteiger partial charge on any atom is 0.177 e. The molecule has 42 heavy (non-hydrogen) atoms. The Bertz CT molecular complexity index is 445. The third-order valence-corrected chi connectivity index (χ3v) is 9.18. The van der Waals surface area contributed by atoms with Crippen LogP contribution in [0.1, 0.15) is 226 Å². The van der Waals surface area contributed by atoms with Crippen molar-refractivity contribution < 1.29 is 9.47 Å². The SMILES string of the molecule is CCCCCCCCCCCCCCCCCCOC(C)(CN)OCCCCCCCCCCCCCCCCCC. The number of hydrogen-bond donors (Lipinski definition) is 1. The van der Waals surface area contributed by atoms with Crippen LogP contribution in [0, 0.1) is 0 Å². The van der Waals surface area contributed by atoms with Crippen molar-refractivity contribution in [1.29, 1.82) is 0 Å². The molecule has 0 heterocycles. The van der Waals surface area contributed by atoms with E-state index in [9.17, 15) is 0 Å². The summed E-state index contributed by atoms with van der Waals surface area (Å²) < 4.78 is 12.2. The van der Waals surface area contributed by atoms with Crippen molar-refractivity contribution in [3.05, 3.63) is 0 Å². The van der Waals surface area contributed by atoms with Crippen LogP contribution in [0.5, 0.6) is 0 Å². The van der Waals surface area contributed by atoms with Crippen molar-refractivity contribution in [2.45, 2.75) is 232 Å². The fraction of sp³-hybridized carbons (Fsp3) is 1.00. The van der Waals surface area contributed by atoms with Gasteiger partial charge in [-0.15, -0.1) is 0 Å². The van der Waals surface area contributed by atoms with Crippen molar-refractivity contribution >= 4 is 0 Å². The van der Waals surface area contributed by atoms with Crippen LogP contribution >= 0.6 is 0 Å². The molecule has 2 N–H and O–H groups in total. The van der Waals surface area contributed by atoms with Crippen LogP contribution in [0.15, 0.2) is 0 Å². The molecule has 0 aromatic rings. The summed E-state index contributed by atoms with van der Waals surface area (Å²) in [6.45, 7) is 8.59. The van der Waals surface area contributed by atoms with Crippen LogP contribution in [-0.4, -0.2) is 25.5 Å². The number of hydrogen-bond acceptors (Lipinski definition) is 3. The molecule has 0 aliphatic rings. The minimum atomic E-state index is -0.606. The van der Waals surface area contributed by atoms with E-state index >= 15 is 0 Å². The standard InChI is InChI=1S/C39H81NO2/c1-4-6-8-10-12-14-16-18-20-22-24-26-28-30-32-34-36-41-39(3,38-40)42-37-35-33-31-29-27-25-23-21-19-17-15-13-11-9-7-5-2/h4-38,40H2,1-3H3. The minimum absolute atomic E-state index is 0.435. The molecular formula is C39H81NO2. The molecule has 0 aliphatic carbocycles. The second kappa shape index (κ2) is 35.4. The molecule has 3 nitrogen and oxygen atoms in total. The lowest BCUT2D eigenvalue weighted by molar-refractivity contribution is -0.219. The Morgan fingerprint density at radius 1 is 0.333 bits per heavy atom. The van der Waals surface area contributed by atoms with Gasteiger partial charge in [0.1, 0.15) is 0 Å². The molecular weight excluding hydrogens is 514 g/mol. The Balaban J connectivity index is 3.37. The average molecular weight is 596 g/mol. The van der Waals surface area contributed by atoms with E-state index in [1.807, 2.05) is 6.92 Å². The average Bonchev–Trinajstić information content (AvgIpc) is 3.00. The monoisotopic (exact) mass is 596 g/mol. The third-order valence-electron chi connectivity index (χ3n) is 9.18. The predicted octanol–water partition coefficient (Wildman–Crippen LogP) is 13.2. The van der Waals surface area contributed by atoms with Crippen molar-refractivity contribution in [3.63, 3.8) is 0 Å². The van der Waals surface area contributed by atoms with Crippen molar-refractivity contribution in [2.24, 2.45) is 5.73 Å². The van der Waals surface area contributed by atoms with E-state index in [0.29, 0.717) is 6.54 Å². The zero-order valence-corrected chi connectivity index (χ0v) is 29.6. The number of unbranched alkanes of at least 4 members (excludes halogenated alkanes) is 30. The highest BCUT2D eigenvalue weighted by Gasteiger charge is 2.23. The van der Waals surface area contributed by atoms with Crippen molar-refractivity contribution in [2.75, 3.05) is 19.8 Å². The first-order chi connectivity index (χ1) is 20.7. The molecule has 0 spiro atoms. The van der Waals surface area contributed by atoms with Gasteiger partial charge in [-0.05, 0) is 19.8 Å². The molecule has 3 heteroatoms. The summed E-state index contributed by atoms with van der Waals surface area (Å²) in [4.78, 5) is 0. The molecule has 0 saturated heterocycles. The van der Waals surface area contributed by atoms with Gasteiger partial charge in [0.2, 0.25) is 0 Å². The first kappa shape index (κ1) is 41.9. The maximum absolute atomic E-state index is 6.08. The molecule has 254 valence electrons. The summed E-state index contributed by atoms with van der Waals surface area (Å²) in [6, 6.07) is 0. The highest BCUT2D eigenvalue weighted by Crippen LogP contribution is 2.17. The normalized spacial score (nSPS) is 12.0. The Morgan fingerprint density at radius 2 is 0.524 bits per heavy atom. The first-order valence-electron chi connectivity index (χ1n) is 19.7. The highest BCUT2D eigenvalue weighted by molar-refractivity contribution is 4.64. The Labute approximate surface area is 266 Å². The number of ether oxygens (including phenoxy) is 2. The molecule has 0 unspecified atom stereocenters. The van der Waals surface area contributed by atoms with Gasteiger partial charge >= 0.3 is 0 Å². The van der Waals surface area contributed by atoms with E-state index in [0.717, 1.165) is 26.1 Å². The lowest BCUT2D eigenvalue weighted by atomic mass is 10.0. The number of nitrogens with two attached hydrogens (primary N) is 1. The topological polar surface area (TPSA) is 44.5 Å². The summed E-state index contributed by atoms with van der Waals surface area (Å²) in [5, 5.41) is 0. The maximum atomic E-state index is 6.08. The van der Waals surface area contributed by atoms with Gasteiger partial charge in [-0.2, -0.15) is 0 Å². The van der Waals surface area contributed by atoms with Gasteiger partial charge in [0.05, 0.1) is 13.2 Å². The fourth-order valence-electron chi connectivity index (χ4n) is 6.04. The van der Waals surface area contributed by atoms with Gasteiger partial charge in [-0.3, -0.25) is 0 Å². The lowest BCUT2D eigenvalue weighted by Gasteiger charge is -2.28. The smallest absolute Gasteiger partial charge is 0.177 e. The quantitative estimate of drug-likeness (QED) is 0.0574. The van der Waals surface area contributed by atoms with Crippen LogP contribution in [0.4, 0.5) is 0 Å². The van der Waals surface area contributed by atoms with Gasteiger partial charge in [0.25, 0.3) is 0 Å². The first-order valence-corrected chi connectivity index (χ1v) is 19.7. The summed E-state index contributed by atoms with van der Waals surface area (Å²) in [5.41, 5.74) is 6.00. The van der Waals surface area contributed by atoms with E-state index in [1.54, 1.807) is 0 Å². The summed E-state index contributed by atoms with van der Waals surface area (Å²) in [5.74, 6) is -0.606. The Morgan fingerprint density at radius 3 is 0.714 bits per heavy atom. The Kier molecular flexibility index (Phi) is 35.3. The summed E-state index contributed by atoms with van der Waals surface area (Å²) in [7, 11) is 0. The molecule has 0 bridgehead atoms. The van der Waals surface area contributed by atoms with E-state index in [2.05, 4.69) is 13.8 Å². The molecule has 0 aromatic heterocycles. The van der Waals surface area contributed by atoms with Crippen LogP contribution in [0.3, 0.4) is 0 Å². The predicted molar refractivity (Wildman–Crippen MR) is 188 cm³/mol. The molecule has 0 amide bonds. The van der Waals surface area contributed by atoms with Crippen molar-refractivity contribution in [1.82, 2.24) is 0 Å². The van der Waals surface area contributed by atoms with E-state index in [4.69, 9.17) is 15.2 Å². The van der Waals surface area contributed by atoms with Gasteiger partial charge in [-0.25, -0.2) is 0 Å². The van der Waals surface area contributed by atoms with Gasteiger partial charge in [-0.1, -0.05) is 206 Å². The van der Waals surface area contributed by atoms with E-state index in [-0.39, 0.29) is 0 Å². The molecule has 0 saturated carbocycles. The van der Waals surface area contributed by atoms with Crippen LogP contribution in [-0.2, 0) is 9.47 Å². The summed E-state index contributed by atoms with van der Waals surface area (Å²) in [6.07, 6.45) is 44.6. The fourth-order valence-corrected chi connectivity index (χ4v) is 6.04. The molecule has 0 rings (SSSR count). The van der Waals surface area contributed by atoms with E-state index < -0.39 is 5.79 Å². The number of rotatable bonds is 37. The highest BCUT2D eigenvalue weighted by atomic mass is 16.7. The van der Waals surface area contributed by atoms with Gasteiger partial charge in [0.15, 0.2) is 5.79 Å². The zero-order chi connectivity index (χ0) is 30.7.